The van der Waals surface area contributed by atoms with Gasteiger partial charge < -0.3 is 15.2 Å². The van der Waals surface area contributed by atoms with E-state index >= 15 is 0 Å². The van der Waals surface area contributed by atoms with Crippen molar-refractivity contribution in [2.45, 2.75) is 45.6 Å². The predicted molar refractivity (Wildman–Crippen MR) is 81.5 cm³/mol. The first-order valence-corrected chi connectivity index (χ1v) is 7.47. The zero-order chi connectivity index (χ0) is 16.7. The van der Waals surface area contributed by atoms with Crippen molar-refractivity contribution in [3.05, 3.63) is 16.7 Å². The van der Waals surface area contributed by atoms with Crippen molar-refractivity contribution < 1.29 is 14.3 Å². The van der Waals surface area contributed by atoms with E-state index < -0.39 is 17.9 Å². The number of hydrogen-bond donors (Lipinski definition) is 2. The number of rotatable bonds is 3. The van der Waals surface area contributed by atoms with E-state index in [1.807, 2.05) is 13.8 Å². The fourth-order valence-electron chi connectivity index (χ4n) is 3.03. The highest BCUT2D eigenvalue weighted by molar-refractivity contribution is 5.70. The maximum atomic E-state index is 11.9. The fourth-order valence-corrected chi connectivity index (χ4v) is 3.03. The maximum absolute atomic E-state index is 11.9. The number of ether oxygens (including phenoxy) is 2. The van der Waals surface area contributed by atoms with Gasteiger partial charge in [0.25, 0.3) is 5.56 Å². The van der Waals surface area contributed by atoms with Crippen LogP contribution in [-0.4, -0.2) is 37.7 Å². The van der Waals surface area contributed by atoms with Crippen molar-refractivity contribution in [2.75, 3.05) is 5.73 Å². The summed E-state index contributed by atoms with van der Waals surface area (Å²) in [6, 6.07) is 0. The third kappa shape index (κ3) is 2.56. The zero-order valence-corrected chi connectivity index (χ0v) is 13.1. The van der Waals surface area contributed by atoms with Crippen molar-refractivity contribution in [1.29, 1.82) is 0 Å². The van der Waals surface area contributed by atoms with Crippen LogP contribution in [0.25, 0.3) is 11.2 Å². The summed E-state index contributed by atoms with van der Waals surface area (Å²) in [5.41, 5.74) is 5.66. The number of fused-ring (bicyclic) bond motifs is 1. The quantitative estimate of drug-likeness (QED) is 0.792. The number of esters is 1. The summed E-state index contributed by atoms with van der Waals surface area (Å²) in [5, 5.41) is 0. The standard InChI is InChI=1S/C14H19N5O4/c1-4-8-6(2)10(22-7(3)20)13(23-8)19-5-16-9-11(19)17-14(15)18-12(9)21/h5-6,8,10,13H,4H2,1-3H3,(H3,15,17,18,21)/t6-,8-,10-,13-/m1/s1. The number of aromatic nitrogens is 4. The van der Waals surface area contributed by atoms with Gasteiger partial charge in [-0.2, -0.15) is 4.98 Å². The Morgan fingerprint density at radius 3 is 2.96 bits per heavy atom. The van der Waals surface area contributed by atoms with Gasteiger partial charge in [-0.05, 0) is 6.42 Å². The van der Waals surface area contributed by atoms with Gasteiger partial charge in [0.1, 0.15) is 0 Å². The number of nitrogen functional groups attached to an aromatic ring is 1. The van der Waals surface area contributed by atoms with E-state index in [1.165, 1.54) is 13.3 Å². The molecule has 1 aliphatic rings. The lowest BCUT2D eigenvalue weighted by atomic mass is 9.98. The Kier molecular flexibility index (Phi) is 3.80. The molecular weight excluding hydrogens is 302 g/mol. The molecule has 4 atom stereocenters. The lowest BCUT2D eigenvalue weighted by molar-refractivity contribution is -0.153. The molecule has 0 amide bonds. The normalized spacial score (nSPS) is 27.4. The van der Waals surface area contributed by atoms with E-state index in [4.69, 9.17) is 15.2 Å². The van der Waals surface area contributed by atoms with Gasteiger partial charge in [0.05, 0.1) is 12.4 Å². The third-order valence-corrected chi connectivity index (χ3v) is 4.13. The van der Waals surface area contributed by atoms with E-state index in [0.717, 1.165) is 6.42 Å². The molecule has 0 bridgehead atoms. The number of imidazole rings is 1. The molecule has 1 saturated heterocycles. The molecule has 0 unspecified atom stereocenters. The van der Waals surface area contributed by atoms with Crippen molar-refractivity contribution >= 4 is 23.1 Å². The molecule has 124 valence electrons. The Hall–Kier alpha value is -2.42. The minimum atomic E-state index is -0.599. The highest BCUT2D eigenvalue weighted by Crippen LogP contribution is 2.38. The van der Waals surface area contributed by atoms with Crippen molar-refractivity contribution in [3.8, 4) is 0 Å². The van der Waals surface area contributed by atoms with Gasteiger partial charge in [0, 0.05) is 12.8 Å². The van der Waals surface area contributed by atoms with Crippen LogP contribution in [0.15, 0.2) is 11.1 Å². The van der Waals surface area contributed by atoms with Crippen LogP contribution in [0, 0.1) is 5.92 Å². The monoisotopic (exact) mass is 321 g/mol. The summed E-state index contributed by atoms with van der Waals surface area (Å²) in [4.78, 5) is 33.9. The van der Waals surface area contributed by atoms with Gasteiger partial charge in [-0.15, -0.1) is 0 Å². The summed E-state index contributed by atoms with van der Waals surface area (Å²) < 4.78 is 13.1. The van der Waals surface area contributed by atoms with Gasteiger partial charge in [0.2, 0.25) is 5.95 Å². The number of nitrogens with two attached hydrogens (primary N) is 1. The zero-order valence-electron chi connectivity index (χ0n) is 13.1. The molecule has 1 aliphatic heterocycles. The largest absolute Gasteiger partial charge is 0.457 e. The second kappa shape index (κ2) is 5.65. The maximum Gasteiger partial charge on any atom is 0.303 e. The first-order valence-electron chi connectivity index (χ1n) is 7.47. The minimum absolute atomic E-state index is 0.00527. The van der Waals surface area contributed by atoms with Crippen LogP contribution in [0.2, 0.25) is 0 Å². The molecule has 0 spiro atoms. The highest BCUT2D eigenvalue weighted by Gasteiger charge is 2.45. The molecule has 2 aromatic heterocycles. The molecule has 3 heterocycles. The minimum Gasteiger partial charge on any atom is -0.457 e. The van der Waals surface area contributed by atoms with Crippen LogP contribution in [-0.2, 0) is 14.3 Å². The van der Waals surface area contributed by atoms with Gasteiger partial charge in [0.15, 0.2) is 23.5 Å². The molecule has 23 heavy (non-hydrogen) atoms. The average Bonchev–Trinajstić information content (AvgIpc) is 3.01. The number of hydrogen-bond acceptors (Lipinski definition) is 7. The molecule has 3 rings (SSSR count). The van der Waals surface area contributed by atoms with E-state index in [2.05, 4.69) is 15.0 Å². The van der Waals surface area contributed by atoms with E-state index in [9.17, 15) is 9.59 Å². The second-order valence-corrected chi connectivity index (χ2v) is 5.68. The molecular formula is C14H19N5O4. The van der Waals surface area contributed by atoms with Crippen LogP contribution in [0.3, 0.4) is 0 Å². The smallest absolute Gasteiger partial charge is 0.303 e. The molecule has 0 aliphatic carbocycles. The van der Waals surface area contributed by atoms with Crippen molar-refractivity contribution in [1.82, 2.24) is 19.5 Å². The first kappa shape index (κ1) is 15.5. The van der Waals surface area contributed by atoms with E-state index in [1.54, 1.807) is 4.57 Å². The molecule has 9 heteroatoms. The van der Waals surface area contributed by atoms with E-state index in [-0.39, 0.29) is 29.5 Å². The molecule has 1 fully saturated rings. The van der Waals surface area contributed by atoms with Crippen LogP contribution in [0.4, 0.5) is 5.95 Å². The topological polar surface area (TPSA) is 125 Å². The molecule has 0 radical (unpaired) electrons. The van der Waals surface area contributed by atoms with Crippen molar-refractivity contribution in [2.24, 2.45) is 5.92 Å². The second-order valence-electron chi connectivity index (χ2n) is 5.68. The van der Waals surface area contributed by atoms with Crippen LogP contribution >= 0.6 is 0 Å². The van der Waals surface area contributed by atoms with Crippen LogP contribution in [0.5, 0.6) is 0 Å². The molecule has 3 N–H and O–H groups in total. The number of nitrogens with zero attached hydrogens (tertiary/aromatic N) is 3. The van der Waals surface area contributed by atoms with Crippen LogP contribution in [0.1, 0.15) is 33.4 Å². The summed E-state index contributed by atoms with van der Waals surface area (Å²) in [5.74, 6) is -0.390. The van der Waals surface area contributed by atoms with Gasteiger partial charge in [-0.3, -0.25) is 19.1 Å². The fraction of sp³-hybridized carbons (Fsp3) is 0.571. The number of aromatic amines is 1. The van der Waals surface area contributed by atoms with Crippen molar-refractivity contribution in [3.63, 3.8) is 0 Å². The Morgan fingerprint density at radius 2 is 2.30 bits per heavy atom. The molecule has 0 saturated carbocycles. The SMILES string of the molecule is CC[C@H]1O[C@@H](n2cnc3c(=O)[nH]c(N)nc32)[C@H](OC(C)=O)[C@@H]1C. The average molecular weight is 321 g/mol. The molecule has 0 aromatic carbocycles. The Bertz CT molecular complexity index is 798. The first-order chi connectivity index (χ1) is 10.9. The lowest BCUT2D eigenvalue weighted by Gasteiger charge is -2.21. The number of nitrogens with one attached hydrogen (secondary N) is 1. The van der Waals surface area contributed by atoms with Gasteiger partial charge in [-0.25, -0.2) is 4.98 Å². The predicted octanol–water partition coefficient (Wildman–Crippen LogP) is 0.577. The summed E-state index contributed by atoms with van der Waals surface area (Å²) in [6.07, 6.45) is 1.08. The summed E-state index contributed by atoms with van der Waals surface area (Å²) >= 11 is 0. The number of H-pyrrole nitrogens is 1. The Morgan fingerprint density at radius 1 is 1.57 bits per heavy atom. The Labute approximate surface area is 131 Å². The number of carbonyl (C=O) groups excluding carboxylic acids is 1. The van der Waals surface area contributed by atoms with E-state index in [0.29, 0.717) is 5.65 Å². The lowest BCUT2D eigenvalue weighted by Crippen LogP contribution is -2.29. The van der Waals surface area contributed by atoms with Crippen LogP contribution < -0.4 is 11.3 Å². The third-order valence-electron chi connectivity index (χ3n) is 4.13. The molecule has 9 nitrogen and oxygen atoms in total. The Balaban J connectivity index is 2.08. The summed E-state index contributed by atoms with van der Waals surface area (Å²) in [7, 11) is 0. The van der Waals surface area contributed by atoms with Gasteiger partial charge >= 0.3 is 5.97 Å². The highest BCUT2D eigenvalue weighted by atomic mass is 16.6. The van der Waals surface area contributed by atoms with Gasteiger partial charge in [-0.1, -0.05) is 13.8 Å². The summed E-state index contributed by atoms with van der Waals surface area (Å²) in [6.45, 7) is 5.33. The number of carbonyl (C=O) groups is 1. The molecule has 2 aromatic rings. The number of anilines is 1.